The Hall–Kier alpha value is -0.0400. The lowest BCUT2D eigenvalue weighted by molar-refractivity contribution is 0.117. The molecule has 0 aromatic heterocycles. The second kappa shape index (κ2) is 2.22. The molecule has 0 atom stereocenters. The molecule has 1 nitrogen and oxygen atoms in total. The summed E-state index contributed by atoms with van der Waals surface area (Å²) in [5.74, 6) is 0. The Morgan fingerprint density at radius 3 is 1.45 bits per heavy atom. The summed E-state index contributed by atoms with van der Waals surface area (Å²) >= 11 is 0. The maximum absolute atomic E-state index is 2.74. The van der Waals surface area contributed by atoms with Gasteiger partial charge in [-0.25, -0.2) is 0 Å². The zero-order chi connectivity index (χ0) is 8.06. The average Bonchev–Trinajstić information content (AvgIpc) is 2.40. The molecule has 0 aromatic carbocycles. The van der Waals surface area contributed by atoms with Gasteiger partial charge in [0.05, 0.1) is 0 Å². The van der Waals surface area contributed by atoms with Crippen LogP contribution >= 0.6 is 0 Å². The van der Waals surface area contributed by atoms with E-state index in [1.54, 1.807) is 0 Å². The molecule has 2 aliphatic rings. The highest BCUT2D eigenvalue weighted by molar-refractivity contribution is 4.99. The molecule has 2 rings (SSSR count). The van der Waals surface area contributed by atoms with Gasteiger partial charge in [0.25, 0.3) is 0 Å². The predicted octanol–water partition coefficient (Wildman–Crippen LogP) is 2.41. The minimum Gasteiger partial charge on any atom is -0.293 e. The van der Waals surface area contributed by atoms with E-state index in [1.165, 1.54) is 25.7 Å². The molecule has 0 saturated carbocycles. The highest BCUT2D eigenvalue weighted by Gasteiger charge is 2.44. The highest BCUT2D eigenvalue weighted by atomic mass is 15.3. The van der Waals surface area contributed by atoms with Crippen LogP contribution in [0.1, 0.15) is 46.5 Å². The molecule has 2 aliphatic heterocycles. The molecule has 0 amide bonds. The zero-order valence-electron chi connectivity index (χ0n) is 7.93. The SMILES string of the molecule is CC(C)(C)N1[C@H]2CC[C@@H]1CC2. The van der Waals surface area contributed by atoms with E-state index in [4.69, 9.17) is 0 Å². The molecule has 0 aromatic rings. The van der Waals surface area contributed by atoms with Crippen molar-refractivity contribution in [3.05, 3.63) is 0 Å². The van der Waals surface area contributed by atoms with E-state index >= 15 is 0 Å². The first-order valence-corrected chi connectivity index (χ1v) is 4.87. The molecule has 2 fully saturated rings. The molecule has 2 bridgehead atoms. The van der Waals surface area contributed by atoms with E-state index in [0.29, 0.717) is 5.54 Å². The fourth-order valence-corrected chi connectivity index (χ4v) is 3.01. The first kappa shape index (κ1) is 7.60. The van der Waals surface area contributed by atoms with Gasteiger partial charge in [0.2, 0.25) is 0 Å². The molecule has 0 N–H and O–H groups in total. The molecule has 0 aliphatic carbocycles. The summed E-state index contributed by atoms with van der Waals surface area (Å²) < 4.78 is 0. The second-order valence-corrected chi connectivity index (χ2v) is 5.04. The van der Waals surface area contributed by atoms with Crippen LogP contribution in [0, 0.1) is 0 Å². The molecule has 0 unspecified atom stereocenters. The van der Waals surface area contributed by atoms with Crippen molar-refractivity contribution in [1.82, 2.24) is 4.90 Å². The third kappa shape index (κ3) is 1.10. The van der Waals surface area contributed by atoms with Crippen molar-refractivity contribution in [3.63, 3.8) is 0 Å². The lowest BCUT2D eigenvalue weighted by Crippen LogP contribution is -2.44. The van der Waals surface area contributed by atoms with Crippen molar-refractivity contribution in [2.24, 2.45) is 0 Å². The summed E-state index contributed by atoms with van der Waals surface area (Å²) in [6, 6.07) is 1.86. The standard InChI is InChI=1S/C10H19N/c1-10(2,3)11-8-4-5-9(11)7-6-8/h8-9H,4-7H2,1-3H3/t8-,9+. The van der Waals surface area contributed by atoms with E-state index in [2.05, 4.69) is 25.7 Å². The molecule has 2 heterocycles. The maximum Gasteiger partial charge on any atom is 0.0130 e. The summed E-state index contributed by atoms with van der Waals surface area (Å²) in [6.07, 6.45) is 5.84. The van der Waals surface area contributed by atoms with Gasteiger partial charge in [-0.05, 0) is 46.5 Å². The first-order valence-electron chi connectivity index (χ1n) is 4.87. The van der Waals surface area contributed by atoms with Gasteiger partial charge in [-0.15, -0.1) is 0 Å². The van der Waals surface area contributed by atoms with Crippen molar-refractivity contribution in [2.45, 2.75) is 64.1 Å². The Kier molecular flexibility index (Phi) is 1.54. The third-order valence-electron chi connectivity index (χ3n) is 3.23. The Morgan fingerprint density at radius 1 is 0.909 bits per heavy atom. The quantitative estimate of drug-likeness (QED) is 0.516. The van der Waals surface area contributed by atoms with Crippen molar-refractivity contribution in [2.75, 3.05) is 0 Å². The monoisotopic (exact) mass is 153 g/mol. The van der Waals surface area contributed by atoms with E-state index in [1.807, 2.05) is 0 Å². The topological polar surface area (TPSA) is 3.24 Å². The summed E-state index contributed by atoms with van der Waals surface area (Å²) in [6.45, 7) is 7.05. The number of fused-ring (bicyclic) bond motifs is 2. The van der Waals surface area contributed by atoms with Crippen molar-refractivity contribution < 1.29 is 0 Å². The molecule has 11 heavy (non-hydrogen) atoms. The highest BCUT2D eigenvalue weighted by Crippen LogP contribution is 2.41. The fourth-order valence-electron chi connectivity index (χ4n) is 3.01. The van der Waals surface area contributed by atoms with Crippen LogP contribution in [-0.2, 0) is 0 Å². The average molecular weight is 153 g/mol. The number of hydrogen-bond acceptors (Lipinski definition) is 1. The van der Waals surface area contributed by atoms with Gasteiger partial charge < -0.3 is 0 Å². The van der Waals surface area contributed by atoms with Gasteiger partial charge in [-0.2, -0.15) is 0 Å². The van der Waals surface area contributed by atoms with Gasteiger partial charge in [0.1, 0.15) is 0 Å². The lowest BCUT2D eigenvalue weighted by Gasteiger charge is -2.36. The van der Waals surface area contributed by atoms with Gasteiger partial charge >= 0.3 is 0 Å². The fraction of sp³-hybridized carbons (Fsp3) is 1.00. The minimum atomic E-state index is 0.419. The summed E-state index contributed by atoms with van der Waals surface area (Å²) in [7, 11) is 0. The molecule has 0 spiro atoms. The van der Waals surface area contributed by atoms with Crippen LogP contribution in [0.2, 0.25) is 0 Å². The largest absolute Gasteiger partial charge is 0.293 e. The van der Waals surface area contributed by atoms with Crippen LogP contribution in [-0.4, -0.2) is 22.5 Å². The Labute approximate surface area is 69.8 Å². The molecular formula is C10H19N. The van der Waals surface area contributed by atoms with Crippen LogP contribution in [0.15, 0.2) is 0 Å². The number of hydrogen-bond donors (Lipinski definition) is 0. The minimum absolute atomic E-state index is 0.419. The van der Waals surface area contributed by atoms with Gasteiger partial charge in [-0.3, -0.25) is 4.90 Å². The molecule has 1 heteroatoms. The van der Waals surface area contributed by atoms with Crippen LogP contribution in [0.4, 0.5) is 0 Å². The van der Waals surface area contributed by atoms with Crippen LogP contribution < -0.4 is 0 Å². The van der Waals surface area contributed by atoms with Crippen molar-refractivity contribution >= 4 is 0 Å². The number of nitrogens with zero attached hydrogens (tertiary/aromatic N) is 1. The Balaban J connectivity index is 2.16. The molecule has 2 saturated heterocycles. The van der Waals surface area contributed by atoms with Gasteiger partial charge in [-0.1, -0.05) is 0 Å². The summed E-state index contributed by atoms with van der Waals surface area (Å²) in [5.41, 5.74) is 0.419. The van der Waals surface area contributed by atoms with Crippen LogP contribution in [0.3, 0.4) is 0 Å². The zero-order valence-corrected chi connectivity index (χ0v) is 7.93. The van der Waals surface area contributed by atoms with E-state index < -0.39 is 0 Å². The van der Waals surface area contributed by atoms with Gasteiger partial charge in [0, 0.05) is 17.6 Å². The summed E-state index contributed by atoms with van der Waals surface area (Å²) in [5, 5.41) is 0. The molecule has 0 radical (unpaired) electrons. The van der Waals surface area contributed by atoms with Crippen molar-refractivity contribution in [3.8, 4) is 0 Å². The van der Waals surface area contributed by atoms with E-state index in [9.17, 15) is 0 Å². The lowest BCUT2D eigenvalue weighted by atomic mass is 10.0. The van der Waals surface area contributed by atoms with Crippen LogP contribution in [0.25, 0.3) is 0 Å². The normalized spacial score (nSPS) is 38.5. The molecular weight excluding hydrogens is 134 g/mol. The smallest absolute Gasteiger partial charge is 0.0130 e. The van der Waals surface area contributed by atoms with E-state index in [0.717, 1.165) is 12.1 Å². The van der Waals surface area contributed by atoms with Crippen molar-refractivity contribution in [1.29, 1.82) is 0 Å². The summed E-state index contributed by atoms with van der Waals surface area (Å²) in [4.78, 5) is 2.74. The Bertz CT molecular complexity index is 137. The first-order chi connectivity index (χ1) is 5.09. The third-order valence-corrected chi connectivity index (χ3v) is 3.23. The second-order valence-electron chi connectivity index (χ2n) is 5.04. The van der Waals surface area contributed by atoms with Crippen LogP contribution in [0.5, 0.6) is 0 Å². The maximum atomic E-state index is 2.74. The van der Waals surface area contributed by atoms with Gasteiger partial charge in [0.15, 0.2) is 0 Å². The predicted molar refractivity (Wildman–Crippen MR) is 47.6 cm³/mol. The number of rotatable bonds is 0. The Morgan fingerprint density at radius 2 is 1.27 bits per heavy atom. The molecule has 64 valence electrons. The van der Waals surface area contributed by atoms with E-state index in [-0.39, 0.29) is 0 Å².